The maximum atomic E-state index is 13.2. The second-order valence-corrected chi connectivity index (χ2v) is 14.2. The van der Waals surface area contributed by atoms with Crippen LogP contribution in [0, 0.1) is 28.6 Å². The van der Waals surface area contributed by atoms with Gasteiger partial charge in [-0.1, -0.05) is 71.1 Å². The van der Waals surface area contributed by atoms with Gasteiger partial charge >= 0.3 is 11.9 Å². The second-order valence-electron chi connectivity index (χ2n) is 14.2. The number of carbonyl (C=O) groups excluding carboxylic acids is 2. The molecule has 2 bridgehead atoms. The molecule has 0 radical (unpaired) electrons. The van der Waals surface area contributed by atoms with Crippen molar-refractivity contribution >= 4 is 11.9 Å². The monoisotopic (exact) mass is 588 g/mol. The minimum Gasteiger partial charge on any atom is -0.458 e. The van der Waals surface area contributed by atoms with Crippen LogP contribution >= 0.6 is 0 Å². The Morgan fingerprint density at radius 3 is 2.29 bits per heavy atom. The number of fused-ring (bicyclic) bond motifs is 3. The highest BCUT2D eigenvalue weighted by Gasteiger charge is 2.82. The van der Waals surface area contributed by atoms with E-state index in [-0.39, 0.29) is 24.1 Å². The van der Waals surface area contributed by atoms with Crippen LogP contribution < -0.4 is 0 Å². The Labute approximate surface area is 250 Å². The molecule has 4 rings (SSSR count). The molecule has 8 nitrogen and oxygen atoms in total. The standard InChI is InChI=1S/C34H52O8/c1-9-10-11-12-13-14-25(35)42-33-17-21(5)32-16-20(4)27(36)34(32,40)28(37)23(18-41-30(39)22(6)19(2)3)15-24(29(32)38)26(33)31(33,7)8/h15-16,21,24,26-29,36-38,40H,9-14,17-18H2,1-8H3/t21-,24+,26-,27+,28-,29?,32+,33+,34-/m1/s1. The third-order valence-corrected chi connectivity index (χ3v) is 11.3. The van der Waals surface area contributed by atoms with Gasteiger partial charge < -0.3 is 29.9 Å². The summed E-state index contributed by atoms with van der Waals surface area (Å²) < 4.78 is 12.0. The van der Waals surface area contributed by atoms with Gasteiger partial charge in [0.2, 0.25) is 0 Å². The van der Waals surface area contributed by atoms with Gasteiger partial charge in [-0.2, -0.15) is 0 Å². The predicted octanol–water partition coefficient (Wildman–Crippen LogP) is 4.54. The molecule has 4 aliphatic carbocycles. The summed E-state index contributed by atoms with van der Waals surface area (Å²) in [5.41, 5.74) is -3.08. The van der Waals surface area contributed by atoms with Crippen LogP contribution in [0.25, 0.3) is 0 Å². The molecule has 1 spiro atoms. The molecule has 2 fully saturated rings. The smallest absolute Gasteiger partial charge is 0.333 e. The van der Waals surface area contributed by atoms with Gasteiger partial charge in [-0.3, -0.25) is 4.79 Å². The summed E-state index contributed by atoms with van der Waals surface area (Å²) >= 11 is 0. The van der Waals surface area contributed by atoms with Gasteiger partial charge in [-0.25, -0.2) is 4.79 Å². The molecule has 0 aromatic heterocycles. The molecule has 8 heteroatoms. The summed E-state index contributed by atoms with van der Waals surface area (Å²) in [7, 11) is 0. The van der Waals surface area contributed by atoms with Crippen molar-refractivity contribution in [3.05, 3.63) is 34.4 Å². The van der Waals surface area contributed by atoms with Crippen molar-refractivity contribution in [1.82, 2.24) is 0 Å². The van der Waals surface area contributed by atoms with E-state index in [9.17, 15) is 30.0 Å². The Bertz CT molecular complexity index is 1180. The van der Waals surface area contributed by atoms with Crippen LogP contribution in [0.3, 0.4) is 0 Å². The van der Waals surface area contributed by atoms with Gasteiger partial charge in [0.25, 0.3) is 0 Å². The second kappa shape index (κ2) is 11.5. The molecule has 0 aliphatic heterocycles. The van der Waals surface area contributed by atoms with Crippen LogP contribution in [-0.2, 0) is 19.1 Å². The molecule has 42 heavy (non-hydrogen) atoms. The highest BCUT2D eigenvalue weighted by molar-refractivity contribution is 5.88. The fraction of sp³-hybridized carbons (Fsp3) is 0.765. The first kappa shape index (κ1) is 32.9. The predicted molar refractivity (Wildman–Crippen MR) is 159 cm³/mol. The molecule has 0 amide bonds. The molecular formula is C34H52O8. The number of aliphatic hydroxyl groups excluding tert-OH is 3. The summed E-state index contributed by atoms with van der Waals surface area (Å²) in [6.45, 7) is 14.7. The van der Waals surface area contributed by atoms with E-state index in [0.29, 0.717) is 24.0 Å². The first-order chi connectivity index (χ1) is 19.5. The van der Waals surface area contributed by atoms with Crippen molar-refractivity contribution in [2.75, 3.05) is 6.61 Å². The summed E-state index contributed by atoms with van der Waals surface area (Å²) in [5.74, 6) is -2.23. The number of hydrogen-bond acceptors (Lipinski definition) is 8. The SMILES string of the molecule is CCCCCCCC(=O)O[C@@]12C[C@@H](C)[C@]34C=C(C)[C@H](O)[C@@]3(O)[C@H](O)C(COC(=O)C(C)=C(C)C)=C[C@H](C4O)[C@@H]1C2(C)C. The maximum absolute atomic E-state index is 13.2. The lowest BCUT2D eigenvalue weighted by Crippen LogP contribution is -2.66. The van der Waals surface area contributed by atoms with Gasteiger partial charge in [0.1, 0.15) is 30.0 Å². The summed E-state index contributed by atoms with van der Waals surface area (Å²) in [5, 5.41) is 47.8. The zero-order valence-electron chi connectivity index (χ0n) is 26.7. The third kappa shape index (κ3) is 4.72. The Balaban J connectivity index is 1.75. The minimum atomic E-state index is -2.18. The van der Waals surface area contributed by atoms with Gasteiger partial charge in [0.05, 0.1) is 11.5 Å². The fourth-order valence-electron chi connectivity index (χ4n) is 8.61. The van der Waals surface area contributed by atoms with E-state index in [1.165, 1.54) is 0 Å². The van der Waals surface area contributed by atoms with E-state index in [0.717, 1.165) is 37.7 Å². The van der Waals surface area contributed by atoms with E-state index in [1.807, 2.05) is 20.8 Å². The average Bonchev–Trinajstić information content (AvgIpc) is 3.34. The molecule has 4 N–H and O–H groups in total. The lowest BCUT2D eigenvalue weighted by atomic mass is 9.58. The molecule has 0 aromatic rings. The zero-order valence-corrected chi connectivity index (χ0v) is 26.7. The van der Waals surface area contributed by atoms with Crippen LogP contribution in [0.1, 0.15) is 100 Å². The molecule has 0 aromatic carbocycles. The van der Waals surface area contributed by atoms with Gasteiger partial charge in [0, 0.05) is 29.2 Å². The Morgan fingerprint density at radius 1 is 1.02 bits per heavy atom. The summed E-state index contributed by atoms with van der Waals surface area (Å²) in [4.78, 5) is 25.9. The molecule has 2 saturated carbocycles. The van der Waals surface area contributed by atoms with Crippen molar-refractivity contribution in [3.63, 3.8) is 0 Å². The van der Waals surface area contributed by atoms with Crippen LogP contribution in [0.4, 0.5) is 0 Å². The number of allylic oxidation sites excluding steroid dienone is 1. The lowest BCUT2D eigenvalue weighted by Gasteiger charge is -2.51. The maximum Gasteiger partial charge on any atom is 0.333 e. The van der Waals surface area contributed by atoms with Crippen molar-refractivity contribution in [1.29, 1.82) is 0 Å². The highest BCUT2D eigenvalue weighted by atomic mass is 16.6. The first-order valence-corrected chi connectivity index (χ1v) is 15.7. The van der Waals surface area contributed by atoms with E-state index in [1.54, 1.807) is 39.8 Å². The molecule has 9 atom stereocenters. The number of ether oxygens (including phenoxy) is 2. The van der Waals surface area contributed by atoms with E-state index in [4.69, 9.17) is 9.47 Å². The molecule has 236 valence electrons. The topological polar surface area (TPSA) is 134 Å². The molecule has 1 unspecified atom stereocenters. The van der Waals surface area contributed by atoms with Gasteiger partial charge in [-0.15, -0.1) is 0 Å². The average molecular weight is 589 g/mol. The lowest BCUT2D eigenvalue weighted by molar-refractivity contribution is -0.217. The van der Waals surface area contributed by atoms with Crippen LogP contribution in [0.2, 0.25) is 0 Å². The zero-order chi connectivity index (χ0) is 31.4. The van der Waals surface area contributed by atoms with Crippen molar-refractivity contribution in [2.24, 2.45) is 28.6 Å². The number of hydrogen-bond donors (Lipinski definition) is 4. The van der Waals surface area contributed by atoms with E-state index in [2.05, 4.69) is 6.92 Å². The number of unbranched alkanes of at least 4 members (excludes halogenated alkanes) is 4. The Morgan fingerprint density at radius 2 is 1.67 bits per heavy atom. The number of esters is 2. The van der Waals surface area contributed by atoms with Crippen LogP contribution in [0.15, 0.2) is 34.4 Å². The van der Waals surface area contributed by atoms with Crippen molar-refractivity contribution < 1.29 is 39.5 Å². The van der Waals surface area contributed by atoms with Crippen molar-refractivity contribution in [3.8, 4) is 0 Å². The number of aliphatic hydroxyl groups is 4. The number of carbonyl (C=O) groups is 2. The highest BCUT2D eigenvalue weighted by Crippen LogP contribution is 2.76. The van der Waals surface area contributed by atoms with E-state index < -0.39 is 58.1 Å². The van der Waals surface area contributed by atoms with Gasteiger partial charge in [-0.05, 0) is 57.6 Å². The van der Waals surface area contributed by atoms with Gasteiger partial charge in [0.15, 0.2) is 0 Å². The summed E-state index contributed by atoms with van der Waals surface area (Å²) in [6.07, 6.45) is 4.92. The fourth-order valence-corrected chi connectivity index (χ4v) is 8.61. The molecule has 0 saturated heterocycles. The van der Waals surface area contributed by atoms with Crippen LogP contribution in [0.5, 0.6) is 0 Å². The largest absolute Gasteiger partial charge is 0.458 e. The molecule has 4 aliphatic rings. The summed E-state index contributed by atoms with van der Waals surface area (Å²) in [6, 6.07) is 0. The van der Waals surface area contributed by atoms with Crippen LogP contribution in [-0.4, -0.2) is 68.5 Å². The van der Waals surface area contributed by atoms with Crippen molar-refractivity contribution in [2.45, 2.75) is 130 Å². The Hall–Kier alpha value is -2.00. The minimum absolute atomic E-state index is 0.216. The first-order valence-electron chi connectivity index (χ1n) is 15.7. The normalized spacial score (nSPS) is 39.5. The third-order valence-electron chi connectivity index (χ3n) is 11.3. The molecule has 0 heterocycles. The molecular weight excluding hydrogens is 536 g/mol. The Kier molecular flexibility index (Phi) is 9.00. The van der Waals surface area contributed by atoms with E-state index >= 15 is 0 Å². The number of rotatable bonds is 10. The quantitative estimate of drug-likeness (QED) is 0.127.